The van der Waals surface area contributed by atoms with Crippen LogP contribution in [0.15, 0.2) is 34.1 Å². The minimum atomic E-state index is -0.181. The summed E-state index contributed by atoms with van der Waals surface area (Å²) in [6.45, 7) is 8.01. The van der Waals surface area contributed by atoms with Gasteiger partial charge in [0.2, 0.25) is 5.43 Å². The minimum Gasteiger partial charge on any atom is -0.345 e. The summed E-state index contributed by atoms with van der Waals surface area (Å²) in [5.74, 6) is 0. The summed E-state index contributed by atoms with van der Waals surface area (Å²) in [6.07, 6.45) is 1.67. The van der Waals surface area contributed by atoms with Crippen LogP contribution in [0, 0.1) is 11.3 Å². The molecular formula is C18H23N3OS. The predicted molar refractivity (Wildman–Crippen MR) is 97.1 cm³/mol. The summed E-state index contributed by atoms with van der Waals surface area (Å²) in [6, 6.07) is 7.99. The highest BCUT2D eigenvalue weighted by atomic mass is 32.2. The van der Waals surface area contributed by atoms with Gasteiger partial charge in [0.25, 0.3) is 0 Å². The average Bonchev–Trinajstić information content (AvgIpc) is 2.45. The van der Waals surface area contributed by atoms with Crippen LogP contribution >= 0.6 is 11.8 Å². The van der Waals surface area contributed by atoms with Gasteiger partial charge in [-0.1, -0.05) is 20.8 Å². The number of likely N-dealkylation sites (N-methyl/N-ethyl adjacent to an activating group) is 1. The quantitative estimate of drug-likeness (QED) is 0.807. The number of pyridine rings is 1. The Morgan fingerprint density at radius 2 is 2.00 bits per heavy atom. The highest BCUT2D eigenvalue weighted by molar-refractivity contribution is 8.00. The van der Waals surface area contributed by atoms with E-state index in [1.807, 2.05) is 36.9 Å². The number of hydrogen-bond donors (Lipinski definition) is 0. The van der Waals surface area contributed by atoms with E-state index in [0.29, 0.717) is 5.39 Å². The lowest BCUT2D eigenvalue weighted by Crippen LogP contribution is -2.21. The second-order valence-electron chi connectivity index (χ2n) is 6.87. The van der Waals surface area contributed by atoms with Gasteiger partial charge in [-0.3, -0.25) is 4.79 Å². The maximum Gasteiger partial charge on any atom is 0.207 e. The van der Waals surface area contributed by atoms with Gasteiger partial charge >= 0.3 is 0 Å². The molecule has 0 saturated heterocycles. The second-order valence-corrected chi connectivity index (χ2v) is 8.77. The molecule has 0 spiro atoms. The zero-order valence-electron chi connectivity index (χ0n) is 14.4. The van der Waals surface area contributed by atoms with Crippen LogP contribution in [0.1, 0.15) is 26.3 Å². The molecule has 0 bridgehead atoms. The van der Waals surface area contributed by atoms with E-state index in [1.165, 1.54) is 0 Å². The molecule has 5 heteroatoms. The van der Waals surface area contributed by atoms with Crippen molar-refractivity contribution in [3.63, 3.8) is 0 Å². The lowest BCUT2D eigenvalue weighted by atomic mass is 10.1. The van der Waals surface area contributed by atoms with Crippen molar-refractivity contribution in [2.45, 2.75) is 37.0 Å². The Morgan fingerprint density at radius 3 is 2.57 bits per heavy atom. The number of aromatic nitrogens is 1. The molecule has 2 rings (SSSR count). The maximum atomic E-state index is 12.5. The number of thioether (sulfide) groups is 1. The van der Waals surface area contributed by atoms with Crippen molar-refractivity contribution in [2.24, 2.45) is 0 Å². The van der Waals surface area contributed by atoms with Crippen molar-refractivity contribution in [3.8, 4) is 6.07 Å². The molecule has 1 heterocycles. The van der Waals surface area contributed by atoms with Crippen LogP contribution in [-0.2, 0) is 6.54 Å². The fourth-order valence-electron chi connectivity index (χ4n) is 2.37. The Morgan fingerprint density at radius 1 is 1.30 bits per heavy atom. The van der Waals surface area contributed by atoms with E-state index < -0.39 is 0 Å². The normalized spacial score (nSPS) is 11.9. The van der Waals surface area contributed by atoms with Crippen LogP contribution in [0.3, 0.4) is 0 Å². The van der Waals surface area contributed by atoms with E-state index in [1.54, 1.807) is 18.0 Å². The van der Waals surface area contributed by atoms with Crippen molar-refractivity contribution < 1.29 is 0 Å². The van der Waals surface area contributed by atoms with Crippen LogP contribution in [0.5, 0.6) is 0 Å². The molecule has 1 aromatic carbocycles. The SMILES string of the molecule is CN(C)CCn1cc(C#N)c(=O)c2cc(SC(C)(C)C)ccc21. The molecular weight excluding hydrogens is 306 g/mol. The van der Waals surface area contributed by atoms with E-state index in [-0.39, 0.29) is 15.7 Å². The Kier molecular flexibility index (Phi) is 5.18. The first-order valence-corrected chi connectivity index (χ1v) is 8.44. The van der Waals surface area contributed by atoms with Gasteiger partial charge in [-0.15, -0.1) is 11.8 Å². The van der Waals surface area contributed by atoms with Crippen molar-refractivity contribution in [3.05, 3.63) is 40.2 Å². The Labute approximate surface area is 141 Å². The fraction of sp³-hybridized carbons (Fsp3) is 0.444. The lowest BCUT2D eigenvalue weighted by molar-refractivity contribution is 0.386. The fourth-order valence-corrected chi connectivity index (χ4v) is 3.39. The molecule has 0 atom stereocenters. The zero-order chi connectivity index (χ0) is 17.2. The average molecular weight is 329 g/mol. The van der Waals surface area contributed by atoms with E-state index in [9.17, 15) is 10.1 Å². The summed E-state index contributed by atoms with van der Waals surface area (Å²) in [5, 5.41) is 9.88. The summed E-state index contributed by atoms with van der Waals surface area (Å²) in [4.78, 5) is 15.6. The molecule has 0 aliphatic carbocycles. The standard InChI is InChI=1S/C18H23N3OS/c1-18(2,3)23-14-6-7-16-15(10-14)17(22)13(11-19)12-21(16)9-8-20(4)5/h6-7,10,12H,8-9H2,1-5H3. The molecule has 0 aliphatic rings. The molecule has 0 N–H and O–H groups in total. The Balaban J connectivity index is 2.59. The van der Waals surface area contributed by atoms with E-state index in [0.717, 1.165) is 23.5 Å². The van der Waals surface area contributed by atoms with Gasteiger partial charge in [0.1, 0.15) is 11.6 Å². The smallest absolute Gasteiger partial charge is 0.207 e. The van der Waals surface area contributed by atoms with Crippen molar-refractivity contribution >= 4 is 22.7 Å². The molecule has 0 radical (unpaired) electrons. The minimum absolute atomic E-state index is 0.0739. The molecule has 4 nitrogen and oxygen atoms in total. The van der Waals surface area contributed by atoms with Gasteiger partial charge in [-0.05, 0) is 32.3 Å². The van der Waals surface area contributed by atoms with Gasteiger partial charge in [0, 0.05) is 34.3 Å². The van der Waals surface area contributed by atoms with Gasteiger partial charge < -0.3 is 9.47 Å². The molecule has 23 heavy (non-hydrogen) atoms. The molecule has 0 fully saturated rings. The van der Waals surface area contributed by atoms with Crippen LogP contribution in [0.25, 0.3) is 10.9 Å². The van der Waals surface area contributed by atoms with Gasteiger partial charge in [0.05, 0.1) is 5.52 Å². The van der Waals surface area contributed by atoms with Crippen molar-refractivity contribution in [1.29, 1.82) is 5.26 Å². The third kappa shape index (κ3) is 4.37. The second kappa shape index (κ2) is 6.77. The first-order chi connectivity index (χ1) is 10.7. The molecule has 0 amide bonds. The summed E-state index contributed by atoms with van der Waals surface area (Å²) < 4.78 is 2.07. The third-order valence-corrected chi connectivity index (χ3v) is 4.49. The number of benzene rings is 1. The number of hydrogen-bond acceptors (Lipinski definition) is 4. The number of nitriles is 1. The van der Waals surface area contributed by atoms with Gasteiger partial charge in [-0.2, -0.15) is 5.26 Å². The summed E-state index contributed by atoms with van der Waals surface area (Å²) in [7, 11) is 4.02. The summed E-state index contributed by atoms with van der Waals surface area (Å²) >= 11 is 1.72. The largest absolute Gasteiger partial charge is 0.345 e. The number of fused-ring (bicyclic) bond motifs is 1. The monoisotopic (exact) mass is 329 g/mol. The summed E-state index contributed by atoms with van der Waals surface area (Å²) in [5.41, 5.74) is 0.906. The highest BCUT2D eigenvalue weighted by Crippen LogP contribution is 2.33. The maximum absolute atomic E-state index is 12.5. The zero-order valence-corrected chi connectivity index (χ0v) is 15.2. The van der Waals surface area contributed by atoms with E-state index in [2.05, 4.69) is 31.7 Å². The molecule has 0 unspecified atom stereocenters. The van der Waals surface area contributed by atoms with Crippen LogP contribution in [0.2, 0.25) is 0 Å². The van der Waals surface area contributed by atoms with Crippen LogP contribution in [0.4, 0.5) is 0 Å². The van der Waals surface area contributed by atoms with Crippen molar-refractivity contribution in [2.75, 3.05) is 20.6 Å². The predicted octanol–water partition coefficient (Wildman–Crippen LogP) is 3.33. The van der Waals surface area contributed by atoms with Gasteiger partial charge in [0.15, 0.2) is 0 Å². The van der Waals surface area contributed by atoms with Crippen LogP contribution < -0.4 is 5.43 Å². The Bertz CT molecular complexity index is 810. The Hall–Kier alpha value is -1.77. The van der Waals surface area contributed by atoms with Crippen LogP contribution in [-0.4, -0.2) is 34.9 Å². The van der Waals surface area contributed by atoms with E-state index in [4.69, 9.17) is 0 Å². The van der Waals surface area contributed by atoms with E-state index >= 15 is 0 Å². The first kappa shape index (κ1) is 17.6. The topological polar surface area (TPSA) is 49.0 Å². The number of rotatable bonds is 4. The lowest BCUT2D eigenvalue weighted by Gasteiger charge is -2.19. The molecule has 1 aromatic heterocycles. The van der Waals surface area contributed by atoms with Crippen molar-refractivity contribution in [1.82, 2.24) is 9.47 Å². The third-order valence-electron chi connectivity index (χ3n) is 3.38. The first-order valence-electron chi connectivity index (χ1n) is 7.62. The van der Waals surface area contributed by atoms with Gasteiger partial charge in [-0.25, -0.2) is 0 Å². The molecule has 2 aromatic rings. The molecule has 0 aliphatic heterocycles. The number of nitrogens with zero attached hydrogens (tertiary/aromatic N) is 3. The highest BCUT2D eigenvalue weighted by Gasteiger charge is 2.15. The molecule has 0 saturated carbocycles. The molecule has 122 valence electrons.